The van der Waals surface area contributed by atoms with E-state index in [9.17, 15) is 14.4 Å². The van der Waals surface area contributed by atoms with Gasteiger partial charge in [0.15, 0.2) is 6.61 Å². The molecular weight excluding hydrogens is 382 g/mol. The topological polar surface area (TPSA) is 72.9 Å². The number of carbonyl (C=O) groups is 3. The SMILES string of the molecule is Cc1ccc(OCC(=O)Oc2cccc(N3C(=O)c4ccccc4C3=O)c2)c(C)c1. The molecule has 1 aliphatic heterocycles. The van der Waals surface area contributed by atoms with Crippen LogP contribution in [0.2, 0.25) is 0 Å². The fraction of sp³-hybridized carbons (Fsp3) is 0.125. The highest BCUT2D eigenvalue weighted by atomic mass is 16.6. The molecule has 0 radical (unpaired) electrons. The zero-order valence-corrected chi connectivity index (χ0v) is 16.5. The van der Waals surface area contributed by atoms with Crippen LogP contribution in [0.5, 0.6) is 11.5 Å². The summed E-state index contributed by atoms with van der Waals surface area (Å²) in [6.45, 7) is 3.62. The number of nitrogens with zero attached hydrogens (tertiary/aromatic N) is 1. The zero-order chi connectivity index (χ0) is 21.3. The Labute approximate surface area is 173 Å². The predicted octanol–water partition coefficient (Wildman–Crippen LogP) is 4.09. The number of carbonyl (C=O) groups excluding carboxylic acids is 3. The van der Waals surface area contributed by atoms with Gasteiger partial charge in [-0.25, -0.2) is 9.69 Å². The van der Waals surface area contributed by atoms with Crippen molar-refractivity contribution in [1.82, 2.24) is 0 Å². The van der Waals surface area contributed by atoms with Crippen LogP contribution in [0.3, 0.4) is 0 Å². The van der Waals surface area contributed by atoms with Crippen molar-refractivity contribution < 1.29 is 23.9 Å². The first-order chi connectivity index (χ1) is 14.4. The van der Waals surface area contributed by atoms with Gasteiger partial charge in [-0.1, -0.05) is 35.9 Å². The number of aryl methyl sites for hydroxylation is 2. The van der Waals surface area contributed by atoms with E-state index in [1.165, 1.54) is 6.07 Å². The molecule has 0 aromatic heterocycles. The summed E-state index contributed by atoms with van der Waals surface area (Å²) in [5.74, 6) is -0.570. The van der Waals surface area contributed by atoms with Crippen molar-refractivity contribution in [1.29, 1.82) is 0 Å². The normalized spacial score (nSPS) is 12.7. The van der Waals surface area contributed by atoms with Crippen LogP contribution in [0.15, 0.2) is 66.7 Å². The number of imide groups is 1. The molecule has 0 aliphatic carbocycles. The number of rotatable bonds is 5. The summed E-state index contributed by atoms with van der Waals surface area (Å²) < 4.78 is 10.9. The number of hydrogen-bond acceptors (Lipinski definition) is 5. The van der Waals surface area contributed by atoms with Gasteiger partial charge < -0.3 is 9.47 Å². The highest BCUT2D eigenvalue weighted by molar-refractivity contribution is 6.34. The van der Waals surface area contributed by atoms with Crippen LogP contribution in [0, 0.1) is 13.8 Å². The first-order valence-corrected chi connectivity index (χ1v) is 9.42. The molecule has 3 aromatic rings. The summed E-state index contributed by atoms with van der Waals surface area (Å²) in [6.07, 6.45) is 0. The molecule has 1 heterocycles. The molecule has 2 amide bonds. The van der Waals surface area contributed by atoms with Crippen molar-refractivity contribution in [3.8, 4) is 11.5 Å². The van der Waals surface area contributed by atoms with Gasteiger partial charge in [0.2, 0.25) is 0 Å². The number of benzene rings is 3. The average molecular weight is 401 g/mol. The van der Waals surface area contributed by atoms with Gasteiger partial charge in [0, 0.05) is 6.07 Å². The van der Waals surface area contributed by atoms with Crippen LogP contribution in [0.1, 0.15) is 31.8 Å². The first-order valence-electron chi connectivity index (χ1n) is 9.42. The summed E-state index contributed by atoms with van der Waals surface area (Å²) in [4.78, 5) is 38.6. The van der Waals surface area contributed by atoms with E-state index in [1.807, 2.05) is 26.0 Å². The van der Waals surface area contributed by atoms with Crippen LogP contribution < -0.4 is 14.4 Å². The molecular formula is C24H19NO5. The zero-order valence-electron chi connectivity index (χ0n) is 16.5. The number of fused-ring (bicyclic) bond motifs is 1. The largest absolute Gasteiger partial charge is 0.482 e. The van der Waals surface area contributed by atoms with E-state index in [0.717, 1.165) is 16.0 Å². The monoisotopic (exact) mass is 401 g/mol. The molecule has 0 spiro atoms. The number of hydrogen-bond donors (Lipinski definition) is 0. The quantitative estimate of drug-likeness (QED) is 0.366. The van der Waals surface area contributed by atoms with Crippen LogP contribution in [0.4, 0.5) is 5.69 Å². The molecule has 1 aliphatic rings. The Morgan fingerprint density at radius 3 is 2.23 bits per heavy atom. The van der Waals surface area contributed by atoms with Gasteiger partial charge >= 0.3 is 5.97 Å². The fourth-order valence-electron chi connectivity index (χ4n) is 3.37. The molecule has 0 unspecified atom stereocenters. The molecule has 0 N–H and O–H groups in total. The minimum atomic E-state index is -0.588. The Morgan fingerprint density at radius 1 is 0.867 bits per heavy atom. The van der Waals surface area contributed by atoms with E-state index in [4.69, 9.17) is 9.47 Å². The molecule has 150 valence electrons. The Hall–Kier alpha value is -3.93. The van der Waals surface area contributed by atoms with Gasteiger partial charge in [0.1, 0.15) is 11.5 Å². The minimum Gasteiger partial charge on any atom is -0.482 e. The number of anilines is 1. The third kappa shape index (κ3) is 3.67. The number of amides is 2. The average Bonchev–Trinajstić information content (AvgIpc) is 2.98. The van der Waals surface area contributed by atoms with Gasteiger partial charge in [-0.2, -0.15) is 0 Å². The standard InChI is InChI=1S/C24H19NO5/c1-15-10-11-21(16(2)12-15)29-14-22(26)30-18-7-5-6-17(13-18)25-23(27)19-8-3-4-9-20(19)24(25)28/h3-13H,14H2,1-2H3. The van der Waals surface area contributed by atoms with Gasteiger partial charge in [-0.05, 0) is 49.7 Å². The lowest BCUT2D eigenvalue weighted by Crippen LogP contribution is -2.29. The lowest BCUT2D eigenvalue weighted by Gasteiger charge is -2.15. The van der Waals surface area contributed by atoms with Gasteiger partial charge in [0.25, 0.3) is 11.8 Å². The van der Waals surface area contributed by atoms with E-state index >= 15 is 0 Å². The minimum absolute atomic E-state index is 0.221. The predicted molar refractivity (Wildman–Crippen MR) is 111 cm³/mol. The molecule has 30 heavy (non-hydrogen) atoms. The van der Waals surface area contributed by atoms with Crippen LogP contribution >= 0.6 is 0 Å². The van der Waals surface area contributed by atoms with Crippen molar-refractivity contribution in [2.75, 3.05) is 11.5 Å². The second-order valence-corrected chi connectivity index (χ2v) is 7.02. The van der Waals surface area contributed by atoms with Crippen LogP contribution in [-0.4, -0.2) is 24.4 Å². The van der Waals surface area contributed by atoms with E-state index in [0.29, 0.717) is 22.6 Å². The third-order valence-electron chi connectivity index (χ3n) is 4.78. The Bertz CT molecular complexity index is 1130. The molecule has 6 nitrogen and oxygen atoms in total. The smallest absolute Gasteiger partial charge is 0.349 e. The van der Waals surface area contributed by atoms with Crippen molar-refractivity contribution in [3.63, 3.8) is 0 Å². The van der Waals surface area contributed by atoms with Crippen molar-refractivity contribution >= 4 is 23.5 Å². The Balaban J connectivity index is 1.46. The summed E-state index contributed by atoms with van der Waals surface area (Å²) in [5, 5.41) is 0. The highest BCUT2D eigenvalue weighted by Crippen LogP contribution is 2.30. The summed E-state index contributed by atoms with van der Waals surface area (Å²) in [7, 11) is 0. The summed E-state index contributed by atoms with van der Waals surface area (Å²) in [6, 6.07) is 18.6. The fourth-order valence-corrected chi connectivity index (χ4v) is 3.37. The molecule has 6 heteroatoms. The van der Waals surface area contributed by atoms with Crippen LogP contribution in [-0.2, 0) is 4.79 Å². The third-order valence-corrected chi connectivity index (χ3v) is 4.78. The summed E-state index contributed by atoms with van der Waals surface area (Å²) in [5.41, 5.74) is 3.07. The van der Waals surface area contributed by atoms with Crippen molar-refractivity contribution in [3.05, 3.63) is 89.0 Å². The maximum absolute atomic E-state index is 12.6. The van der Waals surface area contributed by atoms with Gasteiger partial charge in [-0.15, -0.1) is 0 Å². The summed E-state index contributed by atoms with van der Waals surface area (Å²) >= 11 is 0. The lowest BCUT2D eigenvalue weighted by molar-refractivity contribution is -0.136. The van der Waals surface area contributed by atoms with E-state index in [-0.39, 0.29) is 12.4 Å². The molecule has 0 fully saturated rings. The Morgan fingerprint density at radius 2 is 1.57 bits per heavy atom. The van der Waals surface area contributed by atoms with Crippen molar-refractivity contribution in [2.45, 2.75) is 13.8 Å². The van der Waals surface area contributed by atoms with Crippen LogP contribution in [0.25, 0.3) is 0 Å². The van der Waals surface area contributed by atoms with E-state index < -0.39 is 17.8 Å². The highest BCUT2D eigenvalue weighted by Gasteiger charge is 2.36. The molecule has 0 atom stereocenters. The second-order valence-electron chi connectivity index (χ2n) is 7.02. The molecule has 0 bridgehead atoms. The van der Waals surface area contributed by atoms with Gasteiger partial charge in [0.05, 0.1) is 16.8 Å². The maximum atomic E-state index is 12.6. The van der Waals surface area contributed by atoms with Gasteiger partial charge in [-0.3, -0.25) is 9.59 Å². The van der Waals surface area contributed by atoms with E-state index in [1.54, 1.807) is 48.5 Å². The van der Waals surface area contributed by atoms with E-state index in [2.05, 4.69) is 0 Å². The number of esters is 1. The van der Waals surface area contributed by atoms with Crippen molar-refractivity contribution in [2.24, 2.45) is 0 Å². The molecule has 0 saturated heterocycles. The Kier molecular flexibility index (Phi) is 5.06. The number of ether oxygens (including phenoxy) is 2. The molecule has 0 saturated carbocycles. The molecule has 3 aromatic carbocycles. The maximum Gasteiger partial charge on any atom is 0.349 e. The lowest BCUT2D eigenvalue weighted by atomic mass is 10.1. The second kappa shape index (κ2) is 7.83. The first kappa shape index (κ1) is 19.4. The molecule has 4 rings (SSSR count).